The van der Waals surface area contributed by atoms with Crippen LogP contribution in [0.1, 0.15) is 22.5 Å². The lowest BCUT2D eigenvalue weighted by atomic mass is 10.2. The smallest absolute Gasteiger partial charge is 0.287 e. The third-order valence-electron chi connectivity index (χ3n) is 3.85. The van der Waals surface area contributed by atoms with Crippen LogP contribution in [-0.2, 0) is 15.6 Å². The van der Waals surface area contributed by atoms with Gasteiger partial charge in [-0.25, -0.2) is 8.42 Å². The second kappa shape index (κ2) is 7.93. The summed E-state index contributed by atoms with van der Waals surface area (Å²) >= 11 is 5.91. The number of hydrogen-bond acceptors (Lipinski definition) is 4. The lowest BCUT2D eigenvalue weighted by Gasteiger charge is -2.05. The van der Waals surface area contributed by atoms with Crippen LogP contribution in [0.25, 0.3) is 11.0 Å². The van der Waals surface area contributed by atoms with Gasteiger partial charge in [0.05, 0.1) is 11.5 Å². The van der Waals surface area contributed by atoms with E-state index in [1.807, 2.05) is 18.2 Å². The van der Waals surface area contributed by atoms with E-state index in [9.17, 15) is 13.2 Å². The normalized spacial score (nSPS) is 11.6. The Morgan fingerprint density at radius 3 is 2.62 bits per heavy atom. The van der Waals surface area contributed by atoms with E-state index >= 15 is 0 Å². The van der Waals surface area contributed by atoms with Gasteiger partial charge in [-0.3, -0.25) is 4.79 Å². The molecule has 0 fully saturated rings. The van der Waals surface area contributed by atoms with Gasteiger partial charge in [-0.1, -0.05) is 41.9 Å². The molecular formula is C19H18ClNO4S. The summed E-state index contributed by atoms with van der Waals surface area (Å²) in [5.74, 6) is -0.184. The van der Waals surface area contributed by atoms with Gasteiger partial charge in [-0.05, 0) is 36.2 Å². The van der Waals surface area contributed by atoms with Crippen LogP contribution >= 0.6 is 11.6 Å². The van der Waals surface area contributed by atoms with E-state index in [0.717, 1.165) is 10.9 Å². The molecule has 26 heavy (non-hydrogen) atoms. The molecule has 0 aliphatic rings. The molecule has 136 valence electrons. The summed E-state index contributed by atoms with van der Waals surface area (Å²) in [5.41, 5.74) is 1.34. The van der Waals surface area contributed by atoms with E-state index in [0.29, 0.717) is 17.0 Å². The van der Waals surface area contributed by atoms with E-state index in [2.05, 4.69) is 5.32 Å². The molecule has 0 aliphatic heterocycles. The van der Waals surface area contributed by atoms with Crippen molar-refractivity contribution in [2.24, 2.45) is 0 Å². The van der Waals surface area contributed by atoms with E-state index < -0.39 is 9.84 Å². The number of fused-ring (bicyclic) bond motifs is 1. The molecule has 0 saturated heterocycles. The van der Waals surface area contributed by atoms with E-state index in [-0.39, 0.29) is 29.7 Å². The monoisotopic (exact) mass is 391 g/mol. The van der Waals surface area contributed by atoms with Crippen molar-refractivity contribution in [3.63, 3.8) is 0 Å². The summed E-state index contributed by atoms with van der Waals surface area (Å²) < 4.78 is 29.7. The highest BCUT2D eigenvalue weighted by molar-refractivity contribution is 7.90. The average Bonchev–Trinajstić information content (AvgIpc) is 3.02. The molecule has 0 radical (unpaired) electrons. The standard InChI is InChI=1S/C19H18ClNO4S/c20-16-7-8-17-15(11-16)12-18(25-17)19(22)21-9-4-10-26(23,24)13-14-5-2-1-3-6-14/h1-3,5-8,11-12H,4,9-10,13H2,(H,21,22). The lowest BCUT2D eigenvalue weighted by molar-refractivity contribution is 0.0928. The van der Waals surface area contributed by atoms with Crippen LogP contribution < -0.4 is 5.32 Å². The fourth-order valence-electron chi connectivity index (χ4n) is 2.61. The zero-order chi connectivity index (χ0) is 18.6. The van der Waals surface area contributed by atoms with Gasteiger partial charge in [0.15, 0.2) is 15.6 Å². The number of hydrogen-bond donors (Lipinski definition) is 1. The van der Waals surface area contributed by atoms with E-state index in [1.54, 1.807) is 36.4 Å². The number of rotatable bonds is 7. The van der Waals surface area contributed by atoms with Crippen LogP contribution in [0.2, 0.25) is 5.02 Å². The van der Waals surface area contributed by atoms with Gasteiger partial charge in [0.2, 0.25) is 0 Å². The zero-order valence-corrected chi connectivity index (χ0v) is 15.5. The SMILES string of the molecule is O=C(NCCCS(=O)(=O)Cc1ccccc1)c1cc2cc(Cl)ccc2o1. The number of nitrogens with one attached hydrogen (secondary N) is 1. The van der Waals surface area contributed by atoms with Gasteiger partial charge in [-0.15, -0.1) is 0 Å². The molecule has 1 N–H and O–H groups in total. The summed E-state index contributed by atoms with van der Waals surface area (Å²) in [6, 6.07) is 15.8. The Bertz CT molecular complexity index is 1010. The van der Waals surface area contributed by atoms with E-state index in [4.69, 9.17) is 16.0 Å². The minimum absolute atomic E-state index is 0.00607. The quantitative estimate of drug-likeness (QED) is 0.621. The van der Waals surface area contributed by atoms with Gasteiger partial charge in [0.1, 0.15) is 5.58 Å². The van der Waals surface area contributed by atoms with Gasteiger partial charge >= 0.3 is 0 Å². The molecule has 2 aromatic carbocycles. The van der Waals surface area contributed by atoms with Crippen molar-refractivity contribution >= 4 is 38.3 Å². The molecule has 1 amide bonds. The Morgan fingerprint density at radius 2 is 1.85 bits per heavy atom. The first kappa shape index (κ1) is 18.5. The number of carbonyl (C=O) groups excluding carboxylic acids is 1. The Kier molecular flexibility index (Phi) is 5.64. The molecular weight excluding hydrogens is 374 g/mol. The number of amides is 1. The molecule has 7 heteroatoms. The van der Waals surface area contributed by atoms with Crippen molar-refractivity contribution in [3.05, 3.63) is 70.9 Å². The number of sulfone groups is 1. The fourth-order valence-corrected chi connectivity index (χ4v) is 4.22. The predicted molar refractivity (Wildman–Crippen MR) is 102 cm³/mol. The highest BCUT2D eigenvalue weighted by atomic mass is 35.5. The Labute approximate surface area is 156 Å². The maximum atomic E-state index is 12.1. The summed E-state index contributed by atoms with van der Waals surface area (Å²) in [5, 5.41) is 3.99. The number of benzene rings is 2. The van der Waals surface area contributed by atoms with Crippen molar-refractivity contribution < 1.29 is 17.6 Å². The summed E-state index contributed by atoms with van der Waals surface area (Å²) in [4.78, 5) is 12.1. The minimum Gasteiger partial charge on any atom is -0.451 e. The van der Waals surface area contributed by atoms with Gasteiger partial charge in [-0.2, -0.15) is 0 Å². The average molecular weight is 392 g/mol. The lowest BCUT2D eigenvalue weighted by Crippen LogP contribution is -2.25. The first-order valence-electron chi connectivity index (χ1n) is 8.15. The predicted octanol–water partition coefficient (Wildman–Crippen LogP) is 3.82. The maximum Gasteiger partial charge on any atom is 0.287 e. The van der Waals surface area contributed by atoms with Crippen LogP contribution in [-0.4, -0.2) is 26.6 Å². The Hall–Kier alpha value is -2.31. The van der Waals surface area contributed by atoms with Gasteiger partial charge < -0.3 is 9.73 Å². The van der Waals surface area contributed by atoms with Crippen LogP contribution in [0.4, 0.5) is 0 Å². The molecule has 0 unspecified atom stereocenters. The highest BCUT2D eigenvalue weighted by Gasteiger charge is 2.14. The molecule has 0 bridgehead atoms. The largest absolute Gasteiger partial charge is 0.451 e. The van der Waals surface area contributed by atoms with Crippen molar-refractivity contribution in [1.82, 2.24) is 5.32 Å². The number of carbonyl (C=O) groups is 1. The molecule has 0 aliphatic carbocycles. The Morgan fingerprint density at radius 1 is 1.08 bits per heavy atom. The van der Waals surface area contributed by atoms with Crippen LogP contribution in [0.3, 0.4) is 0 Å². The minimum atomic E-state index is -3.21. The molecule has 5 nitrogen and oxygen atoms in total. The summed E-state index contributed by atoms with van der Waals surface area (Å²) in [6.07, 6.45) is 0.340. The zero-order valence-electron chi connectivity index (χ0n) is 13.9. The van der Waals surface area contributed by atoms with Crippen LogP contribution in [0.5, 0.6) is 0 Å². The molecule has 3 rings (SSSR count). The fraction of sp³-hybridized carbons (Fsp3) is 0.211. The Balaban J connectivity index is 1.50. The third kappa shape index (κ3) is 4.86. The second-order valence-corrected chi connectivity index (χ2v) is 8.60. The van der Waals surface area contributed by atoms with Crippen molar-refractivity contribution in [3.8, 4) is 0 Å². The molecule has 0 spiro atoms. The number of halogens is 1. The summed E-state index contributed by atoms with van der Waals surface area (Å²) in [6.45, 7) is 0.255. The van der Waals surface area contributed by atoms with Crippen LogP contribution in [0.15, 0.2) is 59.0 Å². The molecule has 0 saturated carbocycles. The first-order valence-corrected chi connectivity index (χ1v) is 10.3. The molecule has 3 aromatic rings. The highest BCUT2D eigenvalue weighted by Crippen LogP contribution is 2.22. The molecule has 1 heterocycles. The number of furan rings is 1. The van der Waals surface area contributed by atoms with Crippen molar-refractivity contribution in [2.45, 2.75) is 12.2 Å². The van der Waals surface area contributed by atoms with Gasteiger partial charge in [0, 0.05) is 17.0 Å². The summed E-state index contributed by atoms with van der Waals surface area (Å²) in [7, 11) is -3.21. The third-order valence-corrected chi connectivity index (χ3v) is 5.77. The molecule has 1 aromatic heterocycles. The topological polar surface area (TPSA) is 76.4 Å². The van der Waals surface area contributed by atoms with Gasteiger partial charge in [0.25, 0.3) is 5.91 Å². The molecule has 0 atom stereocenters. The van der Waals surface area contributed by atoms with Crippen molar-refractivity contribution in [2.75, 3.05) is 12.3 Å². The maximum absolute atomic E-state index is 12.1. The second-order valence-electron chi connectivity index (χ2n) is 5.98. The van der Waals surface area contributed by atoms with Crippen LogP contribution in [0, 0.1) is 0 Å². The van der Waals surface area contributed by atoms with E-state index in [1.165, 1.54) is 0 Å². The van der Waals surface area contributed by atoms with Crippen molar-refractivity contribution in [1.29, 1.82) is 0 Å². The first-order chi connectivity index (χ1) is 12.4.